The number of aromatic nitrogens is 3. The minimum atomic E-state index is 0.300. The van der Waals surface area contributed by atoms with Crippen LogP contribution in [0.2, 0.25) is 0 Å². The van der Waals surface area contributed by atoms with Crippen molar-refractivity contribution in [2.45, 2.75) is 76.8 Å². The van der Waals surface area contributed by atoms with Gasteiger partial charge in [-0.2, -0.15) is 0 Å². The van der Waals surface area contributed by atoms with E-state index in [2.05, 4.69) is 15.2 Å². The summed E-state index contributed by atoms with van der Waals surface area (Å²) in [4.78, 5) is 14.8. The maximum atomic E-state index is 12.7. The van der Waals surface area contributed by atoms with Crippen molar-refractivity contribution < 1.29 is 4.79 Å². The molecular weight excluding hydrogens is 276 g/mol. The third kappa shape index (κ3) is 4.08. The summed E-state index contributed by atoms with van der Waals surface area (Å²) < 4.78 is 1.86. The van der Waals surface area contributed by atoms with Crippen molar-refractivity contribution in [3.63, 3.8) is 0 Å². The van der Waals surface area contributed by atoms with Gasteiger partial charge in [0.25, 0.3) is 0 Å². The van der Waals surface area contributed by atoms with Crippen LogP contribution in [0.25, 0.3) is 0 Å². The number of carbonyl (C=O) groups excluding carboxylic acids is 1. The zero-order chi connectivity index (χ0) is 15.2. The zero-order valence-electron chi connectivity index (χ0n) is 13.5. The van der Waals surface area contributed by atoms with Gasteiger partial charge in [0.15, 0.2) is 0 Å². The smallest absolute Gasteiger partial charge is 0.222 e. The molecule has 2 aliphatic rings. The Morgan fingerprint density at radius 3 is 2.68 bits per heavy atom. The van der Waals surface area contributed by atoms with E-state index in [1.807, 2.05) is 10.9 Å². The van der Waals surface area contributed by atoms with Crippen molar-refractivity contribution in [1.82, 2.24) is 19.9 Å². The van der Waals surface area contributed by atoms with Crippen LogP contribution in [0.3, 0.4) is 0 Å². The number of amides is 1. The Hall–Kier alpha value is -1.39. The summed E-state index contributed by atoms with van der Waals surface area (Å²) in [6, 6.07) is 0.300. The third-order valence-corrected chi connectivity index (χ3v) is 5.31. The quantitative estimate of drug-likeness (QED) is 0.840. The topological polar surface area (TPSA) is 51.0 Å². The first-order valence-corrected chi connectivity index (χ1v) is 8.96. The lowest BCUT2D eigenvalue weighted by atomic mass is 9.86. The van der Waals surface area contributed by atoms with E-state index in [1.54, 1.807) is 6.20 Å². The predicted molar refractivity (Wildman–Crippen MR) is 85.2 cm³/mol. The Bertz CT molecular complexity index is 453. The molecule has 1 amide bonds. The summed E-state index contributed by atoms with van der Waals surface area (Å²) in [6.07, 6.45) is 15.6. The normalized spacial score (nSPS) is 23.6. The van der Waals surface area contributed by atoms with Gasteiger partial charge in [0, 0.05) is 19.2 Å². The highest BCUT2D eigenvalue weighted by atomic mass is 16.2. The van der Waals surface area contributed by atoms with Gasteiger partial charge in [-0.25, -0.2) is 0 Å². The molecule has 1 aromatic rings. The number of rotatable bonds is 5. The number of piperidine rings is 1. The number of hydrogen-bond acceptors (Lipinski definition) is 3. The minimum Gasteiger partial charge on any atom is -0.338 e. The molecule has 1 aliphatic carbocycles. The van der Waals surface area contributed by atoms with E-state index in [9.17, 15) is 4.79 Å². The van der Waals surface area contributed by atoms with Gasteiger partial charge in [-0.3, -0.25) is 9.48 Å². The van der Waals surface area contributed by atoms with Crippen LogP contribution in [0.5, 0.6) is 0 Å². The van der Waals surface area contributed by atoms with Crippen LogP contribution in [-0.2, 0) is 11.3 Å². The molecule has 0 radical (unpaired) electrons. The van der Waals surface area contributed by atoms with Crippen molar-refractivity contribution >= 4 is 5.91 Å². The molecule has 3 rings (SSSR count). The molecule has 0 spiro atoms. The molecule has 0 N–H and O–H groups in total. The van der Waals surface area contributed by atoms with Gasteiger partial charge in [0.05, 0.1) is 18.8 Å². The van der Waals surface area contributed by atoms with Crippen LogP contribution in [0.15, 0.2) is 12.4 Å². The molecule has 0 aromatic carbocycles. The SMILES string of the molecule is O=C(CCC1CCCCC1)N1CCCC[C@H]1Cn1ccnn1. The van der Waals surface area contributed by atoms with Gasteiger partial charge in [0.2, 0.25) is 5.91 Å². The molecule has 22 heavy (non-hydrogen) atoms. The zero-order valence-corrected chi connectivity index (χ0v) is 13.5. The first-order chi connectivity index (χ1) is 10.8. The van der Waals surface area contributed by atoms with Crippen LogP contribution in [0.1, 0.15) is 64.2 Å². The van der Waals surface area contributed by atoms with Crippen molar-refractivity contribution in [3.05, 3.63) is 12.4 Å². The van der Waals surface area contributed by atoms with E-state index >= 15 is 0 Å². The van der Waals surface area contributed by atoms with E-state index in [-0.39, 0.29) is 0 Å². The molecule has 5 heteroatoms. The predicted octanol–water partition coefficient (Wildman–Crippen LogP) is 3.02. The second kappa shape index (κ2) is 7.75. The van der Waals surface area contributed by atoms with E-state index in [0.29, 0.717) is 11.9 Å². The van der Waals surface area contributed by atoms with Crippen molar-refractivity contribution in [3.8, 4) is 0 Å². The molecule has 1 atom stereocenters. The van der Waals surface area contributed by atoms with E-state index in [0.717, 1.165) is 44.7 Å². The summed E-state index contributed by atoms with van der Waals surface area (Å²) in [7, 11) is 0. The summed E-state index contributed by atoms with van der Waals surface area (Å²) in [6.45, 7) is 1.71. The summed E-state index contributed by atoms with van der Waals surface area (Å²) in [5.41, 5.74) is 0. The van der Waals surface area contributed by atoms with Crippen molar-refractivity contribution in [1.29, 1.82) is 0 Å². The number of carbonyl (C=O) groups is 1. The summed E-state index contributed by atoms with van der Waals surface area (Å²) in [5.74, 6) is 1.15. The van der Waals surface area contributed by atoms with Gasteiger partial charge >= 0.3 is 0 Å². The summed E-state index contributed by atoms with van der Waals surface area (Å²) in [5, 5.41) is 7.92. The average Bonchev–Trinajstić information content (AvgIpc) is 3.07. The molecule has 5 nitrogen and oxygen atoms in total. The standard InChI is InChI=1S/C17H28N4O/c22-17(10-9-15-6-2-1-3-7-15)21-12-5-4-8-16(21)14-20-13-11-18-19-20/h11,13,15-16H,1-10,12,14H2/t16-/m0/s1. The van der Waals surface area contributed by atoms with E-state index < -0.39 is 0 Å². The lowest BCUT2D eigenvalue weighted by Crippen LogP contribution is -2.46. The lowest BCUT2D eigenvalue weighted by molar-refractivity contribution is -0.135. The Morgan fingerprint density at radius 2 is 1.91 bits per heavy atom. The second-order valence-corrected chi connectivity index (χ2v) is 6.90. The highest BCUT2D eigenvalue weighted by molar-refractivity contribution is 5.76. The fourth-order valence-corrected chi connectivity index (χ4v) is 4.01. The van der Waals surface area contributed by atoms with Gasteiger partial charge < -0.3 is 4.90 Å². The van der Waals surface area contributed by atoms with Crippen LogP contribution in [-0.4, -0.2) is 38.4 Å². The average molecular weight is 304 g/mol. The van der Waals surface area contributed by atoms with Gasteiger partial charge in [0.1, 0.15) is 0 Å². The fourth-order valence-electron chi connectivity index (χ4n) is 4.01. The van der Waals surface area contributed by atoms with Crippen molar-refractivity contribution in [2.75, 3.05) is 6.54 Å². The fraction of sp³-hybridized carbons (Fsp3) is 0.824. The number of nitrogens with zero attached hydrogens (tertiary/aromatic N) is 4. The van der Waals surface area contributed by atoms with Crippen molar-refractivity contribution in [2.24, 2.45) is 5.92 Å². The van der Waals surface area contributed by atoms with Crippen LogP contribution >= 0.6 is 0 Å². The monoisotopic (exact) mass is 304 g/mol. The molecule has 1 saturated carbocycles. The molecule has 2 fully saturated rings. The molecule has 0 bridgehead atoms. The van der Waals surface area contributed by atoms with Gasteiger partial charge in [-0.05, 0) is 31.6 Å². The molecule has 1 aliphatic heterocycles. The minimum absolute atomic E-state index is 0.300. The molecular formula is C17H28N4O. The first-order valence-electron chi connectivity index (χ1n) is 8.96. The maximum Gasteiger partial charge on any atom is 0.222 e. The third-order valence-electron chi connectivity index (χ3n) is 5.31. The highest BCUT2D eigenvalue weighted by Gasteiger charge is 2.27. The highest BCUT2D eigenvalue weighted by Crippen LogP contribution is 2.28. The van der Waals surface area contributed by atoms with E-state index in [1.165, 1.54) is 38.5 Å². The van der Waals surface area contributed by atoms with Gasteiger partial charge in [-0.1, -0.05) is 37.3 Å². The van der Waals surface area contributed by atoms with Crippen LogP contribution < -0.4 is 0 Å². The maximum absolute atomic E-state index is 12.7. The molecule has 0 unspecified atom stereocenters. The van der Waals surface area contributed by atoms with Crippen LogP contribution in [0.4, 0.5) is 0 Å². The Labute approximate surface area is 133 Å². The first kappa shape index (κ1) is 15.5. The molecule has 122 valence electrons. The van der Waals surface area contributed by atoms with E-state index in [4.69, 9.17) is 0 Å². The number of likely N-dealkylation sites (tertiary alicyclic amines) is 1. The number of hydrogen-bond donors (Lipinski definition) is 0. The summed E-state index contributed by atoms with van der Waals surface area (Å²) >= 11 is 0. The Morgan fingerprint density at radius 1 is 1.09 bits per heavy atom. The van der Waals surface area contributed by atoms with Crippen LogP contribution in [0, 0.1) is 5.92 Å². The molecule has 1 aromatic heterocycles. The van der Waals surface area contributed by atoms with Gasteiger partial charge in [-0.15, -0.1) is 5.10 Å². The lowest BCUT2D eigenvalue weighted by Gasteiger charge is -2.36. The Balaban J connectivity index is 1.51. The second-order valence-electron chi connectivity index (χ2n) is 6.90. The molecule has 1 saturated heterocycles. The molecule has 2 heterocycles. The largest absolute Gasteiger partial charge is 0.338 e. The Kier molecular flexibility index (Phi) is 5.46.